The van der Waals surface area contributed by atoms with Crippen molar-refractivity contribution in [2.75, 3.05) is 25.4 Å². The van der Waals surface area contributed by atoms with E-state index < -0.39 is 0 Å². The van der Waals surface area contributed by atoms with E-state index in [0.717, 1.165) is 29.7 Å². The number of carbonyl (C=O) groups excluding carboxylic acids is 2. The van der Waals surface area contributed by atoms with Gasteiger partial charge in [0.25, 0.3) is 5.56 Å². The summed E-state index contributed by atoms with van der Waals surface area (Å²) < 4.78 is 7.40. The summed E-state index contributed by atoms with van der Waals surface area (Å²) in [5.74, 6) is -0.221. The van der Waals surface area contributed by atoms with E-state index in [1.165, 1.54) is 28.0 Å². The summed E-state index contributed by atoms with van der Waals surface area (Å²) in [6, 6.07) is -0.364. The van der Waals surface area contributed by atoms with E-state index in [9.17, 15) is 14.4 Å². The van der Waals surface area contributed by atoms with E-state index >= 15 is 0 Å². The summed E-state index contributed by atoms with van der Waals surface area (Å²) in [6.45, 7) is 6.03. The average molecular weight is 437 g/mol. The third-order valence-electron chi connectivity index (χ3n) is 5.32. The van der Waals surface area contributed by atoms with Crippen LogP contribution in [0.4, 0.5) is 4.79 Å². The molecule has 2 aliphatic heterocycles. The van der Waals surface area contributed by atoms with Crippen molar-refractivity contribution < 1.29 is 14.3 Å². The van der Waals surface area contributed by atoms with Crippen molar-refractivity contribution in [3.05, 3.63) is 20.8 Å². The minimum absolute atomic E-state index is 0.0174. The van der Waals surface area contributed by atoms with Gasteiger partial charge in [-0.3, -0.25) is 19.1 Å². The molecule has 2 aromatic heterocycles. The average Bonchev–Trinajstić information content (AvgIpc) is 3.42. The van der Waals surface area contributed by atoms with E-state index in [2.05, 4.69) is 5.32 Å². The molecule has 0 saturated carbocycles. The van der Waals surface area contributed by atoms with Crippen LogP contribution in [0.1, 0.15) is 30.2 Å². The third-order valence-corrected chi connectivity index (χ3v) is 7.33. The normalized spacial score (nSPS) is 19.3. The zero-order valence-electron chi connectivity index (χ0n) is 16.5. The topological polar surface area (TPSA) is 93.5 Å². The standard InChI is InChI=1S/C19H24N4O4S2/c1-3-13-11(2)29-16-15(13)17(25)23(9-12-5-4-8-27-12)19(21-16)28-10-14(24)22-7-6-20-18(22)26/h12H,3-10H2,1-2H3,(H,20,26)/t12-/m0/s1. The molecule has 10 heteroatoms. The molecule has 0 aliphatic carbocycles. The molecule has 4 rings (SSSR count). The number of hydrogen-bond acceptors (Lipinski definition) is 7. The fourth-order valence-electron chi connectivity index (χ4n) is 3.83. The Kier molecular flexibility index (Phi) is 5.93. The summed E-state index contributed by atoms with van der Waals surface area (Å²) in [5.41, 5.74) is 0.977. The minimum Gasteiger partial charge on any atom is -0.376 e. The number of amides is 3. The van der Waals surface area contributed by atoms with E-state index in [1.54, 1.807) is 4.57 Å². The van der Waals surface area contributed by atoms with Gasteiger partial charge in [-0.1, -0.05) is 18.7 Å². The summed E-state index contributed by atoms with van der Waals surface area (Å²) in [6.07, 6.45) is 2.65. The molecule has 156 valence electrons. The summed E-state index contributed by atoms with van der Waals surface area (Å²) >= 11 is 2.73. The molecule has 4 heterocycles. The number of imide groups is 1. The van der Waals surface area contributed by atoms with Gasteiger partial charge in [0.2, 0.25) is 5.91 Å². The van der Waals surface area contributed by atoms with Gasteiger partial charge in [0.1, 0.15) is 4.83 Å². The zero-order chi connectivity index (χ0) is 20.5. The first-order valence-corrected chi connectivity index (χ1v) is 11.6. The van der Waals surface area contributed by atoms with Crippen molar-refractivity contribution in [3.8, 4) is 0 Å². The Morgan fingerprint density at radius 1 is 1.41 bits per heavy atom. The van der Waals surface area contributed by atoms with E-state index in [0.29, 0.717) is 41.6 Å². The largest absolute Gasteiger partial charge is 0.376 e. The number of rotatable bonds is 6. The maximum atomic E-state index is 13.4. The Morgan fingerprint density at radius 3 is 2.90 bits per heavy atom. The van der Waals surface area contributed by atoms with E-state index in [1.807, 2.05) is 13.8 Å². The zero-order valence-corrected chi connectivity index (χ0v) is 18.2. The Hall–Kier alpha value is -1.91. The second kappa shape index (κ2) is 8.45. The fourth-order valence-corrected chi connectivity index (χ4v) is 5.87. The highest BCUT2D eigenvalue weighted by atomic mass is 32.2. The molecule has 0 aromatic carbocycles. The number of aromatic nitrogens is 2. The number of hydrogen-bond donors (Lipinski definition) is 1. The van der Waals surface area contributed by atoms with Crippen LogP contribution in [-0.2, 0) is 22.5 Å². The first kappa shape index (κ1) is 20.4. The van der Waals surface area contributed by atoms with Crippen LogP contribution in [0.25, 0.3) is 10.2 Å². The lowest BCUT2D eigenvalue weighted by Gasteiger charge is -2.17. The first-order valence-electron chi connectivity index (χ1n) is 9.85. The quantitative estimate of drug-likeness (QED) is 0.551. The van der Waals surface area contributed by atoms with Gasteiger partial charge in [-0.2, -0.15) is 0 Å². The lowest BCUT2D eigenvalue weighted by molar-refractivity contribution is -0.124. The van der Waals surface area contributed by atoms with E-state index in [-0.39, 0.29) is 29.4 Å². The summed E-state index contributed by atoms with van der Waals surface area (Å²) in [7, 11) is 0. The number of ether oxygens (including phenoxy) is 1. The number of carbonyl (C=O) groups is 2. The summed E-state index contributed by atoms with van der Waals surface area (Å²) in [4.78, 5) is 45.3. The van der Waals surface area contributed by atoms with Crippen molar-refractivity contribution in [1.82, 2.24) is 19.8 Å². The predicted octanol–water partition coefficient (Wildman–Crippen LogP) is 2.15. The maximum absolute atomic E-state index is 13.4. The van der Waals surface area contributed by atoms with Crippen molar-refractivity contribution >= 4 is 45.3 Å². The second-order valence-electron chi connectivity index (χ2n) is 7.18. The van der Waals surface area contributed by atoms with Crippen LogP contribution in [0.3, 0.4) is 0 Å². The molecule has 2 aliphatic rings. The number of urea groups is 1. The summed E-state index contributed by atoms with van der Waals surface area (Å²) in [5, 5.41) is 3.82. The van der Waals surface area contributed by atoms with Crippen LogP contribution in [0.15, 0.2) is 9.95 Å². The molecule has 0 bridgehead atoms. The van der Waals surface area contributed by atoms with Gasteiger partial charge in [0.15, 0.2) is 5.16 Å². The van der Waals surface area contributed by atoms with Gasteiger partial charge >= 0.3 is 6.03 Å². The molecule has 0 unspecified atom stereocenters. The molecule has 2 aromatic rings. The number of aryl methyl sites for hydroxylation is 2. The lowest BCUT2D eigenvalue weighted by atomic mass is 10.1. The number of fused-ring (bicyclic) bond motifs is 1. The first-order chi connectivity index (χ1) is 14.0. The van der Waals surface area contributed by atoms with Crippen LogP contribution in [0, 0.1) is 6.92 Å². The van der Waals surface area contributed by atoms with Gasteiger partial charge in [0.05, 0.1) is 23.8 Å². The lowest BCUT2D eigenvalue weighted by Crippen LogP contribution is -2.35. The number of thiophene rings is 1. The molecule has 1 N–H and O–H groups in total. The Morgan fingerprint density at radius 2 is 2.24 bits per heavy atom. The van der Waals surface area contributed by atoms with Gasteiger partial charge < -0.3 is 10.1 Å². The number of nitrogens with one attached hydrogen (secondary N) is 1. The number of thioether (sulfide) groups is 1. The van der Waals surface area contributed by atoms with Gasteiger partial charge in [0, 0.05) is 24.6 Å². The van der Waals surface area contributed by atoms with Crippen LogP contribution < -0.4 is 10.9 Å². The van der Waals surface area contributed by atoms with Crippen molar-refractivity contribution in [2.45, 2.75) is 50.9 Å². The van der Waals surface area contributed by atoms with Crippen molar-refractivity contribution in [1.29, 1.82) is 0 Å². The maximum Gasteiger partial charge on any atom is 0.324 e. The van der Waals surface area contributed by atoms with Gasteiger partial charge in [-0.05, 0) is 31.7 Å². The van der Waals surface area contributed by atoms with Crippen LogP contribution in [-0.4, -0.2) is 57.9 Å². The molecular formula is C19H24N4O4S2. The molecule has 0 spiro atoms. The Bertz CT molecular complexity index is 1010. The van der Waals surface area contributed by atoms with Crippen molar-refractivity contribution in [2.24, 2.45) is 0 Å². The molecule has 2 fully saturated rings. The van der Waals surface area contributed by atoms with Crippen LogP contribution >= 0.6 is 23.1 Å². The molecular weight excluding hydrogens is 412 g/mol. The molecule has 8 nitrogen and oxygen atoms in total. The smallest absolute Gasteiger partial charge is 0.324 e. The van der Waals surface area contributed by atoms with E-state index in [4.69, 9.17) is 9.72 Å². The second-order valence-corrected chi connectivity index (χ2v) is 9.33. The SMILES string of the molecule is CCc1c(C)sc2nc(SCC(=O)N3CCNC3=O)n(C[C@@H]3CCCO3)c(=O)c12. The molecule has 29 heavy (non-hydrogen) atoms. The highest BCUT2D eigenvalue weighted by Crippen LogP contribution is 2.30. The minimum atomic E-state index is -0.364. The Balaban J connectivity index is 1.67. The fraction of sp³-hybridized carbons (Fsp3) is 0.579. The molecule has 1 atom stereocenters. The number of nitrogens with zero attached hydrogens (tertiary/aromatic N) is 3. The highest BCUT2D eigenvalue weighted by Gasteiger charge is 2.27. The van der Waals surface area contributed by atoms with Crippen LogP contribution in [0.2, 0.25) is 0 Å². The molecule has 3 amide bonds. The highest BCUT2D eigenvalue weighted by molar-refractivity contribution is 7.99. The third kappa shape index (κ3) is 3.93. The van der Waals surface area contributed by atoms with Gasteiger partial charge in [-0.15, -0.1) is 11.3 Å². The molecule has 2 saturated heterocycles. The molecule has 0 radical (unpaired) electrons. The van der Waals surface area contributed by atoms with Gasteiger partial charge in [-0.25, -0.2) is 9.78 Å². The monoisotopic (exact) mass is 436 g/mol. The predicted molar refractivity (Wildman–Crippen MR) is 113 cm³/mol. The Labute approximate surface area is 176 Å². The van der Waals surface area contributed by atoms with Crippen LogP contribution in [0.5, 0.6) is 0 Å². The van der Waals surface area contributed by atoms with Crippen molar-refractivity contribution in [3.63, 3.8) is 0 Å².